The van der Waals surface area contributed by atoms with Gasteiger partial charge in [-0.1, -0.05) is 30.0 Å². The third kappa shape index (κ3) is 7.74. The largest absolute Gasteiger partial charge is 2.00 e. The van der Waals surface area contributed by atoms with Gasteiger partial charge in [-0.15, -0.1) is 12.1 Å². The van der Waals surface area contributed by atoms with Gasteiger partial charge in [0.2, 0.25) is 11.8 Å². The Balaban J connectivity index is 0.000000203. The van der Waals surface area contributed by atoms with Crippen LogP contribution in [-0.4, -0.2) is 20.1 Å². The molecule has 0 aliphatic carbocycles. The third-order valence-electron chi connectivity index (χ3n) is 4.20. The van der Waals surface area contributed by atoms with E-state index in [1.807, 2.05) is 30.3 Å². The molecule has 0 N–H and O–H groups in total. The zero-order valence-corrected chi connectivity index (χ0v) is 20.5. The van der Waals surface area contributed by atoms with Crippen molar-refractivity contribution >= 4 is 0 Å². The van der Waals surface area contributed by atoms with Crippen LogP contribution in [0.15, 0.2) is 97.5 Å². The number of hydrogen-bond donors (Lipinski definition) is 0. The Morgan fingerprint density at radius 1 is 0.694 bits per heavy atom. The number of nitrogens with zero attached hydrogens (tertiary/aromatic N) is 5. The molecule has 0 spiro atoms. The number of halogens is 3. The summed E-state index contributed by atoms with van der Waals surface area (Å²) in [6.07, 6.45) is 0.366. The van der Waals surface area contributed by atoms with Gasteiger partial charge in [-0.25, -0.2) is 9.97 Å². The molecule has 0 radical (unpaired) electrons. The summed E-state index contributed by atoms with van der Waals surface area (Å²) in [6.45, 7) is 0. The summed E-state index contributed by atoms with van der Waals surface area (Å²) in [4.78, 5) is 12.1. The summed E-state index contributed by atoms with van der Waals surface area (Å²) in [7, 11) is 0. The number of benzene rings is 1. The summed E-state index contributed by atoms with van der Waals surface area (Å²) in [5.74, 6) is 2.10. The van der Waals surface area contributed by atoms with E-state index in [1.54, 1.807) is 54.9 Å². The number of pyridine rings is 3. The minimum Gasteiger partial charge on any atom is -0.573 e. The molecule has 0 aliphatic heterocycles. The van der Waals surface area contributed by atoms with Crippen LogP contribution in [0.2, 0.25) is 0 Å². The minimum atomic E-state index is -4.46. The quantitative estimate of drug-likeness (QED) is 0.213. The fourth-order valence-corrected chi connectivity index (χ4v) is 2.66. The smallest absolute Gasteiger partial charge is 0.573 e. The number of ether oxygens (including phenoxy) is 2. The van der Waals surface area contributed by atoms with Gasteiger partial charge < -0.3 is 19.7 Å². The summed E-state index contributed by atoms with van der Waals surface area (Å²) in [6, 6.07) is 25.2. The van der Waals surface area contributed by atoms with Crippen LogP contribution in [-0.2, 0) is 27.2 Å². The average molecular weight is 671 g/mol. The van der Waals surface area contributed by atoms with Crippen molar-refractivity contribution in [2.75, 3.05) is 0 Å². The zero-order chi connectivity index (χ0) is 24.5. The maximum atomic E-state index is 12.2. The maximum Gasteiger partial charge on any atom is 2.00 e. The predicted molar refractivity (Wildman–Crippen MR) is 120 cm³/mol. The van der Waals surface area contributed by atoms with Crippen LogP contribution in [0.5, 0.6) is 23.3 Å². The van der Waals surface area contributed by atoms with Gasteiger partial charge >= 0.3 is 27.2 Å². The van der Waals surface area contributed by atoms with Gasteiger partial charge in [-0.3, -0.25) is 4.98 Å². The van der Waals surface area contributed by atoms with E-state index in [0.717, 1.165) is 6.07 Å². The maximum absolute atomic E-state index is 12.2. The molecule has 184 valence electrons. The summed E-state index contributed by atoms with van der Waals surface area (Å²) >= 11 is 0. The SMILES string of the molecule is FC(F)(F)c1cc(-c2ccccn2)[n-]n1.[Pt+2].[c-]1c(Oc2ccccn2)cccc1Oc1ccccn1. The molecule has 0 atom stereocenters. The van der Waals surface area contributed by atoms with E-state index in [2.05, 4.69) is 31.2 Å². The molecule has 0 amide bonds. The molecule has 0 aliphatic rings. The summed E-state index contributed by atoms with van der Waals surface area (Å²) in [5.41, 5.74) is -0.494. The van der Waals surface area contributed by atoms with Gasteiger partial charge in [0.05, 0.1) is 0 Å². The van der Waals surface area contributed by atoms with E-state index in [1.165, 1.54) is 6.20 Å². The fourth-order valence-electron chi connectivity index (χ4n) is 2.66. The minimum absolute atomic E-state index is 0. The molecule has 36 heavy (non-hydrogen) atoms. The first-order valence-electron chi connectivity index (χ1n) is 10.2. The predicted octanol–water partition coefficient (Wildman–Crippen LogP) is 5.98. The van der Waals surface area contributed by atoms with Crippen molar-refractivity contribution in [3.63, 3.8) is 0 Å². The second kappa shape index (κ2) is 12.6. The molecule has 5 aromatic rings. The monoisotopic (exact) mass is 670 g/mol. The first-order chi connectivity index (χ1) is 17.0. The van der Waals surface area contributed by atoms with Crippen LogP contribution < -0.4 is 14.6 Å². The molecule has 0 fully saturated rings. The Bertz CT molecular complexity index is 1280. The molecule has 0 unspecified atom stereocenters. The van der Waals surface area contributed by atoms with E-state index < -0.39 is 11.9 Å². The van der Waals surface area contributed by atoms with Crippen LogP contribution in [0, 0.1) is 6.07 Å². The van der Waals surface area contributed by atoms with Crippen LogP contribution in [0.25, 0.3) is 11.4 Å². The number of rotatable bonds is 5. The van der Waals surface area contributed by atoms with Crippen molar-refractivity contribution in [3.8, 4) is 34.6 Å². The van der Waals surface area contributed by atoms with Gasteiger partial charge in [0, 0.05) is 47.9 Å². The van der Waals surface area contributed by atoms with Crippen LogP contribution in [0.4, 0.5) is 13.2 Å². The van der Waals surface area contributed by atoms with Crippen molar-refractivity contribution in [1.29, 1.82) is 0 Å². The molecule has 0 bridgehead atoms. The normalized spacial score (nSPS) is 10.4. The molecular formula is C25H16F3N5O2Pt. The van der Waals surface area contributed by atoms with Gasteiger partial charge in [0.25, 0.3) is 0 Å². The van der Waals surface area contributed by atoms with Gasteiger partial charge in [-0.05, 0) is 30.3 Å². The molecule has 1 aromatic carbocycles. The van der Waals surface area contributed by atoms with Crippen molar-refractivity contribution in [3.05, 3.63) is 109 Å². The van der Waals surface area contributed by atoms with Crippen molar-refractivity contribution in [2.45, 2.75) is 6.18 Å². The van der Waals surface area contributed by atoms with E-state index in [4.69, 9.17) is 9.47 Å². The molecule has 4 aromatic heterocycles. The molecule has 0 saturated carbocycles. The number of aromatic nitrogens is 5. The van der Waals surface area contributed by atoms with Gasteiger partial charge in [-0.2, -0.15) is 19.2 Å². The summed E-state index contributed by atoms with van der Waals surface area (Å²) in [5, 5.41) is 6.47. The van der Waals surface area contributed by atoms with E-state index >= 15 is 0 Å². The second-order valence-corrected chi connectivity index (χ2v) is 6.75. The van der Waals surface area contributed by atoms with E-state index in [9.17, 15) is 13.2 Å². The van der Waals surface area contributed by atoms with Crippen molar-refractivity contribution in [2.24, 2.45) is 0 Å². The topological polar surface area (TPSA) is 84.1 Å². The van der Waals surface area contributed by atoms with Gasteiger partial charge in [0.15, 0.2) is 0 Å². The second-order valence-electron chi connectivity index (χ2n) is 6.75. The molecule has 11 heteroatoms. The Morgan fingerprint density at radius 2 is 1.25 bits per heavy atom. The first-order valence-corrected chi connectivity index (χ1v) is 10.2. The fraction of sp³-hybridized carbons (Fsp3) is 0.0400. The standard InChI is InChI=1S/C16H11N2O2.C9H5F3N3.Pt/c1-3-10-17-15(8-1)19-13-6-5-7-14(12-13)20-16-9-2-4-11-18-16;10-9(11,12)8-5-7(14-15-8)6-3-1-2-4-13-6;/h1-11H;1-5H;/q2*-1;+2. The zero-order valence-electron chi connectivity index (χ0n) is 18.2. The molecule has 4 heterocycles. The van der Waals surface area contributed by atoms with Crippen LogP contribution >= 0.6 is 0 Å². The number of hydrogen-bond acceptors (Lipinski definition) is 6. The first kappa shape index (κ1) is 26.6. The summed E-state index contributed by atoms with van der Waals surface area (Å²) < 4.78 is 47.8. The average Bonchev–Trinajstić information content (AvgIpc) is 3.38. The number of alkyl halides is 3. The Kier molecular flexibility index (Phi) is 9.30. The Hall–Kier alpha value is -4.04. The third-order valence-corrected chi connectivity index (χ3v) is 4.20. The molecule has 0 saturated heterocycles. The van der Waals surface area contributed by atoms with E-state index in [0.29, 0.717) is 29.0 Å². The Morgan fingerprint density at radius 3 is 1.69 bits per heavy atom. The molecule has 7 nitrogen and oxygen atoms in total. The van der Waals surface area contributed by atoms with E-state index in [-0.39, 0.29) is 26.8 Å². The van der Waals surface area contributed by atoms with Crippen molar-refractivity contribution < 1.29 is 43.7 Å². The van der Waals surface area contributed by atoms with Crippen molar-refractivity contribution in [1.82, 2.24) is 25.1 Å². The van der Waals surface area contributed by atoms with Crippen LogP contribution in [0.3, 0.4) is 0 Å². The van der Waals surface area contributed by atoms with Crippen LogP contribution in [0.1, 0.15) is 5.69 Å². The molecule has 5 rings (SSSR count). The Labute approximate surface area is 218 Å². The molecular weight excluding hydrogens is 654 g/mol. The van der Waals surface area contributed by atoms with Gasteiger partial charge in [0.1, 0.15) is 5.69 Å².